The van der Waals surface area contributed by atoms with E-state index in [2.05, 4.69) is 15.9 Å². The second-order valence-corrected chi connectivity index (χ2v) is 5.64. The molecule has 86 valence electrons. The van der Waals surface area contributed by atoms with Crippen molar-refractivity contribution in [2.75, 3.05) is 0 Å². The van der Waals surface area contributed by atoms with Crippen LogP contribution in [0.25, 0.3) is 0 Å². The van der Waals surface area contributed by atoms with Crippen molar-refractivity contribution < 1.29 is 9.18 Å². The monoisotopic (exact) mass is 284 g/mol. The Kier molecular flexibility index (Phi) is 3.15. The molecule has 0 bridgehead atoms. The van der Waals surface area contributed by atoms with Crippen molar-refractivity contribution >= 4 is 21.7 Å². The highest BCUT2D eigenvalue weighted by Gasteiger charge is 2.37. The highest BCUT2D eigenvalue weighted by molar-refractivity contribution is 9.10. The van der Waals surface area contributed by atoms with Gasteiger partial charge in [-0.05, 0) is 31.0 Å². The molecule has 1 aliphatic carbocycles. The van der Waals surface area contributed by atoms with E-state index in [1.807, 2.05) is 6.92 Å². The highest BCUT2D eigenvalue weighted by Crippen LogP contribution is 2.40. The first kappa shape index (κ1) is 11.8. The maximum Gasteiger partial charge on any atom is 0.171 e. The molecule has 1 aliphatic rings. The molecule has 1 saturated carbocycles. The largest absolute Gasteiger partial charge is 0.293 e. The zero-order chi connectivity index (χ0) is 11.8. The Bertz CT molecular complexity index is 422. The van der Waals surface area contributed by atoms with Gasteiger partial charge in [-0.3, -0.25) is 4.79 Å². The van der Waals surface area contributed by atoms with Gasteiger partial charge in [-0.2, -0.15) is 0 Å². The lowest BCUT2D eigenvalue weighted by molar-refractivity contribution is 0.0819. The second kappa shape index (κ2) is 4.28. The molecule has 1 fully saturated rings. The Balaban J connectivity index is 2.36. The number of hydrogen-bond acceptors (Lipinski definition) is 1. The molecule has 2 rings (SSSR count). The molecule has 1 aromatic carbocycles. The standard InChI is InChI=1S/C13H14BrFO/c1-13(6-2-3-7-13)12(16)10-8-9(14)4-5-11(10)15/h4-5,8H,2-3,6-7H2,1H3. The summed E-state index contributed by atoms with van der Waals surface area (Å²) >= 11 is 3.27. The van der Waals surface area contributed by atoms with Crippen LogP contribution in [0, 0.1) is 11.2 Å². The molecule has 0 amide bonds. The number of carbonyl (C=O) groups excluding carboxylic acids is 1. The van der Waals surface area contributed by atoms with Crippen LogP contribution in [0.2, 0.25) is 0 Å². The fourth-order valence-corrected chi connectivity index (χ4v) is 2.74. The maximum absolute atomic E-state index is 13.6. The SMILES string of the molecule is CC1(C(=O)c2cc(Br)ccc2F)CCCC1. The highest BCUT2D eigenvalue weighted by atomic mass is 79.9. The molecule has 0 saturated heterocycles. The van der Waals surface area contributed by atoms with Crippen LogP contribution in [0.5, 0.6) is 0 Å². The Labute approximate surface area is 103 Å². The van der Waals surface area contributed by atoms with Crippen LogP contribution < -0.4 is 0 Å². The molecule has 0 aliphatic heterocycles. The van der Waals surface area contributed by atoms with Crippen molar-refractivity contribution in [1.29, 1.82) is 0 Å². The van der Waals surface area contributed by atoms with Gasteiger partial charge in [0, 0.05) is 9.89 Å². The van der Waals surface area contributed by atoms with Gasteiger partial charge in [0.05, 0.1) is 5.56 Å². The van der Waals surface area contributed by atoms with E-state index in [9.17, 15) is 9.18 Å². The summed E-state index contributed by atoms with van der Waals surface area (Å²) in [5.41, 5.74) is -0.138. The molecule has 0 atom stereocenters. The van der Waals surface area contributed by atoms with E-state index in [0.29, 0.717) is 0 Å². The van der Waals surface area contributed by atoms with E-state index in [0.717, 1.165) is 30.2 Å². The zero-order valence-electron chi connectivity index (χ0n) is 9.22. The molecule has 0 aromatic heterocycles. The van der Waals surface area contributed by atoms with Crippen LogP contribution in [-0.4, -0.2) is 5.78 Å². The van der Waals surface area contributed by atoms with Crippen LogP contribution >= 0.6 is 15.9 Å². The van der Waals surface area contributed by atoms with E-state index in [4.69, 9.17) is 0 Å². The van der Waals surface area contributed by atoms with Gasteiger partial charge in [-0.15, -0.1) is 0 Å². The van der Waals surface area contributed by atoms with Crippen LogP contribution in [-0.2, 0) is 0 Å². The van der Waals surface area contributed by atoms with E-state index in [1.165, 1.54) is 6.07 Å². The van der Waals surface area contributed by atoms with Crippen molar-refractivity contribution in [2.45, 2.75) is 32.6 Å². The molecule has 0 radical (unpaired) electrons. The Morgan fingerprint density at radius 1 is 1.38 bits per heavy atom. The van der Waals surface area contributed by atoms with Crippen molar-refractivity contribution in [3.63, 3.8) is 0 Å². The Morgan fingerprint density at radius 3 is 2.62 bits per heavy atom. The van der Waals surface area contributed by atoms with Crippen molar-refractivity contribution in [3.05, 3.63) is 34.1 Å². The number of rotatable bonds is 2. The molecule has 1 aromatic rings. The smallest absolute Gasteiger partial charge is 0.171 e. The fourth-order valence-electron chi connectivity index (χ4n) is 2.38. The maximum atomic E-state index is 13.6. The second-order valence-electron chi connectivity index (χ2n) is 4.72. The number of carbonyl (C=O) groups is 1. The molecule has 1 nitrogen and oxygen atoms in total. The summed E-state index contributed by atoms with van der Waals surface area (Å²) in [7, 11) is 0. The molecule has 0 N–H and O–H groups in total. The van der Waals surface area contributed by atoms with Gasteiger partial charge in [0.1, 0.15) is 5.82 Å². The molecule has 0 unspecified atom stereocenters. The number of ketones is 1. The van der Waals surface area contributed by atoms with Gasteiger partial charge in [0.2, 0.25) is 0 Å². The van der Waals surface area contributed by atoms with Crippen LogP contribution in [0.4, 0.5) is 4.39 Å². The number of Topliss-reactive ketones (excluding diaryl/α,β-unsaturated/α-hetero) is 1. The summed E-state index contributed by atoms with van der Waals surface area (Å²) in [5, 5.41) is 0. The van der Waals surface area contributed by atoms with Gasteiger partial charge in [0.25, 0.3) is 0 Å². The van der Waals surface area contributed by atoms with Crippen molar-refractivity contribution in [2.24, 2.45) is 5.41 Å². The minimum Gasteiger partial charge on any atom is -0.293 e. The summed E-state index contributed by atoms with van der Waals surface area (Å²) in [6.45, 7) is 1.95. The van der Waals surface area contributed by atoms with Crippen LogP contribution in [0.3, 0.4) is 0 Å². The lowest BCUT2D eigenvalue weighted by Crippen LogP contribution is -2.25. The van der Waals surface area contributed by atoms with Gasteiger partial charge in [-0.25, -0.2) is 4.39 Å². The Morgan fingerprint density at radius 2 is 2.00 bits per heavy atom. The van der Waals surface area contributed by atoms with Gasteiger partial charge >= 0.3 is 0 Å². The lowest BCUT2D eigenvalue weighted by Gasteiger charge is -2.21. The van der Waals surface area contributed by atoms with Crippen molar-refractivity contribution in [3.8, 4) is 0 Å². The van der Waals surface area contributed by atoms with E-state index >= 15 is 0 Å². The van der Waals surface area contributed by atoms with Crippen molar-refractivity contribution in [1.82, 2.24) is 0 Å². The number of hydrogen-bond donors (Lipinski definition) is 0. The number of benzene rings is 1. The summed E-state index contributed by atoms with van der Waals surface area (Å²) in [4.78, 5) is 12.3. The average Bonchev–Trinajstić information content (AvgIpc) is 2.69. The van der Waals surface area contributed by atoms with E-state index < -0.39 is 5.82 Å². The minimum atomic E-state index is -0.415. The van der Waals surface area contributed by atoms with Gasteiger partial charge in [0.15, 0.2) is 5.78 Å². The molecule has 0 spiro atoms. The quantitative estimate of drug-likeness (QED) is 0.738. The third-order valence-electron chi connectivity index (χ3n) is 3.43. The molecule has 3 heteroatoms. The first-order chi connectivity index (χ1) is 7.53. The summed E-state index contributed by atoms with van der Waals surface area (Å²) in [5.74, 6) is -0.467. The zero-order valence-corrected chi connectivity index (χ0v) is 10.8. The first-order valence-corrected chi connectivity index (χ1v) is 6.32. The summed E-state index contributed by atoms with van der Waals surface area (Å²) in [6, 6.07) is 4.54. The minimum absolute atomic E-state index is 0.0520. The fraction of sp³-hybridized carbons (Fsp3) is 0.462. The summed E-state index contributed by atoms with van der Waals surface area (Å²) in [6.07, 6.45) is 3.88. The number of halogens is 2. The first-order valence-electron chi connectivity index (χ1n) is 5.53. The van der Waals surface area contributed by atoms with Gasteiger partial charge < -0.3 is 0 Å². The van der Waals surface area contributed by atoms with Crippen LogP contribution in [0.15, 0.2) is 22.7 Å². The average molecular weight is 285 g/mol. The predicted octanol–water partition coefficient (Wildman–Crippen LogP) is 4.35. The van der Waals surface area contributed by atoms with Gasteiger partial charge in [-0.1, -0.05) is 35.7 Å². The molecular weight excluding hydrogens is 271 g/mol. The molecule has 0 heterocycles. The molecule has 16 heavy (non-hydrogen) atoms. The lowest BCUT2D eigenvalue weighted by atomic mass is 9.81. The molecular formula is C13H14BrFO. The topological polar surface area (TPSA) is 17.1 Å². The Hall–Kier alpha value is -0.700. The normalized spacial score (nSPS) is 18.7. The third kappa shape index (κ3) is 2.05. The summed E-state index contributed by atoms with van der Waals surface area (Å²) < 4.78 is 14.4. The van der Waals surface area contributed by atoms with E-state index in [1.54, 1.807) is 12.1 Å². The predicted molar refractivity (Wildman–Crippen MR) is 65.0 cm³/mol. The van der Waals surface area contributed by atoms with E-state index in [-0.39, 0.29) is 16.8 Å². The third-order valence-corrected chi connectivity index (χ3v) is 3.92. The van der Waals surface area contributed by atoms with Crippen LogP contribution in [0.1, 0.15) is 43.0 Å².